The van der Waals surface area contributed by atoms with E-state index in [0.29, 0.717) is 0 Å². The van der Waals surface area contributed by atoms with E-state index in [1.165, 1.54) is 21.5 Å². The van der Waals surface area contributed by atoms with Crippen molar-refractivity contribution in [3.8, 4) is 10.6 Å². The van der Waals surface area contributed by atoms with Crippen LogP contribution in [0.4, 0.5) is 0 Å². The Balaban J connectivity index is 2.23. The van der Waals surface area contributed by atoms with Gasteiger partial charge in [0, 0.05) is 11.6 Å². The minimum absolute atomic E-state index is 0.261. The van der Waals surface area contributed by atoms with Crippen molar-refractivity contribution in [3.05, 3.63) is 41.4 Å². The molecule has 0 aliphatic heterocycles. The Morgan fingerprint density at radius 1 is 1.21 bits per heavy atom. The second-order valence-corrected chi connectivity index (χ2v) is 7.04. The first-order chi connectivity index (χ1) is 9.04. The molecule has 3 heterocycles. The summed E-state index contributed by atoms with van der Waals surface area (Å²) in [5, 5.41) is 3.37. The lowest BCUT2D eigenvalue weighted by molar-refractivity contribution is 0.413. The molecule has 3 aromatic rings. The first kappa shape index (κ1) is 12.4. The molecule has 3 rings (SSSR count). The van der Waals surface area contributed by atoms with Gasteiger partial charge in [0.15, 0.2) is 0 Å². The maximum absolute atomic E-state index is 4.45. The number of rotatable bonds is 2. The van der Waals surface area contributed by atoms with Gasteiger partial charge in [-0.1, -0.05) is 26.8 Å². The van der Waals surface area contributed by atoms with Crippen molar-refractivity contribution >= 4 is 22.4 Å². The molecule has 1 N–H and O–H groups in total. The number of pyridine rings is 1. The lowest BCUT2D eigenvalue weighted by Crippen LogP contribution is -2.09. The molecular formula is C16H18N2S. The number of nitrogens with one attached hydrogen (secondary N) is 1. The van der Waals surface area contributed by atoms with Crippen LogP contribution in [0.5, 0.6) is 0 Å². The van der Waals surface area contributed by atoms with Crippen molar-refractivity contribution in [2.45, 2.75) is 27.2 Å². The van der Waals surface area contributed by atoms with Crippen molar-refractivity contribution in [3.63, 3.8) is 0 Å². The Bertz CT molecular complexity index is 687. The summed E-state index contributed by atoms with van der Waals surface area (Å²) in [5.74, 6) is 0. The van der Waals surface area contributed by atoms with Gasteiger partial charge in [-0.3, -0.25) is 0 Å². The Labute approximate surface area is 117 Å². The zero-order chi connectivity index (χ0) is 13.5. The lowest BCUT2D eigenvalue weighted by Gasteiger charge is -2.18. The molecule has 0 aromatic carbocycles. The SMILES string of the molecule is CC(C)(C)Cc1c(-c2cccs2)[nH]c2ncccc12. The van der Waals surface area contributed by atoms with Gasteiger partial charge in [-0.2, -0.15) is 0 Å². The van der Waals surface area contributed by atoms with Crippen LogP contribution in [0, 0.1) is 5.41 Å². The van der Waals surface area contributed by atoms with Gasteiger partial charge in [-0.15, -0.1) is 11.3 Å². The Morgan fingerprint density at radius 2 is 2.05 bits per heavy atom. The van der Waals surface area contributed by atoms with Crippen molar-refractivity contribution < 1.29 is 0 Å². The summed E-state index contributed by atoms with van der Waals surface area (Å²) in [6.45, 7) is 6.83. The van der Waals surface area contributed by atoms with E-state index in [1.54, 1.807) is 11.3 Å². The van der Waals surface area contributed by atoms with E-state index in [-0.39, 0.29) is 5.41 Å². The molecule has 0 saturated carbocycles. The number of fused-ring (bicyclic) bond motifs is 1. The van der Waals surface area contributed by atoms with Gasteiger partial charge in [0.25, 0.3) is 0 Å². The first-order valence-corrected chi connectivity index (χ1v) is 7.42. The van der Waals surface area contributed by atoms with Gasteiger partial charge >= 0.3 is 0 Å². The van der Waals surface area contributed by atoms with E-state index in [9.17, 15) is 0 Å². The van der Waals surface area contributed by atoms with E-state index in [4.69, 9.17) is 0 Å². The number of thiophene rings is 1. The van der Waals surface area contributed by atoms with Crippen LogP contribution in [0.1, 0.15) is 26.3 Å². The summed E-state index contributed by atoms with van der Waals surface area (Å²) in [5.41, 5.74) is 3.87. The topological polar surface area (TPSA) is 28.7 Å². The molecule has 3 heteroatoms. The maximum Gasteiger partial charge on any atom is 0.138 e. The largest absolute Gasteiger partial charge is 0.338 e. The fourth-order valence-corrected chi connectivity index (χ4v) is 3.17. The molecule has 0 spiro atoms. The van der Waals surface area contributed by atoms with E-state index in [0.717, 1.165) is 12.1 Å². The lowest BCUT2D eigenvalue weighted by atomic mass is 9.87. The van der Waals surface area contributed by atoms with Crippen LogP contribution in [-0.2, 0) is 6.42 Å². The molecule has 0 aliphatic carbocycles. The molecule has 0 amide bonds. The molecule has 0 bridgehead atoms. The predicted molar refractivity (Wildman–Crippen MR) is 82.6 cm³/mol. The van der Waals surface area contributed by atoms with Gasteiger partial charge in [-0.25, -0.2) is 4.98 Å². The monoisotopic (exact) mass is 270 g/mol. The van der Waals surface area contributed by atoms with Crippen LogP contribution >= 0.6 is 11.3 Å². The highest BCUT2D eigenvalue weighted by atomic mass is 32.1. The molecule has 0 aliphatic rings. The maximum atomic E-state index is 4.45. The summed E-state index contributed by atoms with van der Waals surface area (Å²) in [6.07, 6.45) is 2.89. The summed E-state index contributed by atoms with van der Waals surface area (Å²) in [6, 6.07) is 8.44. The molecule has 98 valence electrons. The molecule has 2 nitrogen and oxygen atoms in total. The molecule has 19 heavy (non-hydrogen) atoms. The minimum atomic E-state index is 0.261. The number of hydrogen-bond donors (Lipinski definition) is 1. The molecule has 0 fully saturated rings. The molecule has 0 atom stereocenters. The fourth-order valence-electron chi connectivity index (χ4n) is 2.42. The standard InChI is InChI=1S/C16H18N2S/c1-16(2,3)10-12-11-6-4-8-17-15(11)18-14(12)13-7-5-9-19-13/h4-9H,10H2,1-3H3,(H,17,18). The molecular weight excluding hydrogens is 252 g/mol. The normalized spacial score (nSPS) is 12.2. The zero-order valence-electron chi connectivity index (χ0n) is 11.5. The van der Waals surface area contributed by atoms with Crippen LogP contribution < -0.4 is 0 Å². The van der Waals surface area contributed by atoms with E-state index in [1.807, 2.05) is 12.3 Å². The highest BCUT2D eigenvalue weighted by Gasteiger charge is 2.20. The Hall–Kier alpha value is -1.61. The van der Waals surface area contributed by atoms with Crippen LogP contribution in [0.15, 0.2) is 35.8 Å². The molecule has 3 aromatic heterocycles. The van der Waals surface area contributed by atoms with Gasteiger partial charge < -0.3 is 4.98 Å². The van der Waals surface area contributed by atoms with Crippen molar-refractivity contribution in [1.82, 2.24) is 9.97 Å². The quantitative estimate of drug-likeness (QED) is 0.706. The second kappa shape index (κ2) is 4.49. The summed E-state index contributed by atoms with van der Waals surface area (Å²) < 4.78 is 0. The van der Waals surface area contributed by atoms with Gasteiger partial charge in [0.2, 0.25) is 0 Å². The predicted octanol–water partition coefficient (Wildman–Crippen LogP) is 4.88. The summed E-state index contributed by atoms with van der Waals surface area (Å²) in [4.78, 5) is 9.23. The van der Waals surface area contributed by atoms with E-state index >= 15 is 0 Å². The summed E-state index contributed by atoms with van der Waals surface area (Å²) in [7, 11) is 0. The number of nitrogens with zero attached hydrogens (tertiary/aromatic N) is 1. The van der Waals surface area contributed by atoms with Crippen molar-refractivity contribution in [1.29, 1.82) is 0 Å². The number of hydrogen-bond acceptors (Lipinski definition) is 2. The van der Waals surface area contributed by atoms with E-state index in [2.05, 4.69) is 54.3 Å². The number of aromatic amines is 1. The zero-order valence-corrected chi connectivity index (χ0v) is 12.3. The molecule has 0 unspecified atom stereocenters. The molecule has 0 radical (unpaired) electrons. The highest BCUT2D eigenvalue weighted by Crippen LogP contribution is 2.35. The highest BCUT2D eigenvalue weighted by molar-refractivity contribution is 7.13. The van der Waals surface area contributed by atoms with E-state index < -0.39 is 0 Å². The van der Waals surface area contributed by atoms with Crippen molar-refractivity contribution in [2.24, 2.45) is 5.41 Å². The molecule has 0 saturated heterocycles. The van der Waals surface area contributed by atoms with Crippen molar-refractivity contribution in [2.75, 3.05) is 0 Å². The minimum Gasteiger partial charge on any atom is -0.338 e. The van der Waals surface area contributed by atoms with Crippen LogP contribution in [0.3, 0.4) is 0 Å². The second-order valence-electron chi connectivity index (χ2n) is 6.09. The number of aromatic nitrogens is 2. The Kier molecular flexibility index (Phi) is 2.94. The van der Waals surface area contributed by atoms with Crippen LogP contribution in [0.2, 0.25) is 0 Å². The van der Waals surface area contributed by atoms with Crippen LogP contribution in [-0.4, -0.2) is 9.97 Å². The van der Waals surface area contributed by atoms with Gasteiger partial charge in [-0.05, 0) is 41.0 Å². The average Bonchev–Trinajstić information content (AvgIpc) is 2.95. The summed E-state index contributed by atoms with van der Waals surface area (Å²) >= 11 is 1.77. The first-order valence-electron chi connectivity index (χ1n) is 6.54. The third-order valence-electron chi connectivity index (χ3n) is 3.15. The third-order valence-corrected chi connectivity index (χ3v) is 4.04. The number of H-pyrrole nitrogens is 1. The Morgan fingerprint density at radius 3 is 2.74 bits per heavy atom. The average molecular weight is 270 g/mol. The van der Waals surface area contributed by atoms with Gasteiger partial charge in [0.05, 0.1) is 10.6 Å². The smallest absolute Gasteiger partial charge is 0.138 e. The fraction of sp³-hybridized carbons (Fsp3) is 0.312. The van der Waals surface area contributed by atoms with Crippen LogP contribution in [0.25, 0.3) is 21.6 Å². The van der Waals surface area contributed by atoms with Gasteiger partial charge in [0.1, 0.15) is 5.65 Å². The third kappa shape index (κ3) is 2.43.